The van der Waals surface area contributed by atoms with Gasteiger partial charge in [0.15, 0.2) is 6.10 Å². The molecule has 0 bridgehead atoms. The molecule has 0 aromatic heterocycles. The van der Waals surface area contributed by atoms with E-state index in [1.54, 1.807) is 12.1 Å². The van der Waals surface area contributed by atoms with Crippen LogP contribution >= 0.6 is 0 Å². The largest absolute Gasteiger partial charge is 0.467 e. The SMILES string of the molecule is COC(=O)C1C(=O)OC(c2ccccc2)C(c2ccccc2)N1C(=O)OCc1ccccc1. The number of hydrogen-bond acceptors (Lipinski definition) is 6. The number of carbonyl (C=O) groups excluding carboxylic acids is 3. The molecular weight excluding hydrogens is 422 g/mol. The standard InChI is InChI=1S/C26H23NO6/c1-31-24(28)22-25(29)33-23(20-15-9-4-10-16-20)21(19-13-7-3-8-14-19)27(22)26(30)32-17-18-11-5-2-6-12-18/h2-16,21-23H,17H2,1H3. The van der Waals surface area contributed by atoms with Crippen molar-refractivity contribution in [1.29, 1.82) is 0 Å². The molecule has 0 N–H and O–H groups in total. The van der Waals surface area contributed by atoms with E-state index in [2.05, 4.69) is 0 Å². The second-order valence-electron chi connectivity index (χ2n) is 7.50. The van der Waals surface area contributed by atoms with Crippen molar-refractivity contribution in [1.82, 2.24) is 4.90 Å². The van der Waals surface area contributed by atoms with Gasteiger partial charge in [0.05, 0.1) is 7.11 Å². The smallest absolute Gasteiger partial charge is 0.411 e. The normalized spacial score (nSPS) is 20.0. The van der Waals surface area contributed by atoms with Crippen LogP contribution in [0.3, 0.4) is 0 Å². The highest BCUT2D eigenvalue weighted by Crippen LogP contribution is 2.42. The second-order valence-corrected chi connectivity index (χ2v) is 7.50. The first-order chi connectivity index (χ1) is 16.1. The Kier molecular flexibility index (Phi) is 6.69. The van der Waals surface area contributed by atoms with Crippen LogP contribution in [-0.4, -0.2) is 36.1 Å². The third kappa shape index (κ3) is 4.72. The molecule has 0 radical (unpaired) electrons. The monoisotopic (exact) mass is 445 g/mol. The number of ether oxygens (including phenoxy) is 3. The number of cyclic esters (lactones) is 1. The zero-order chi connectivity index (χ0) is 23.2. The first kappa shape index (κ1) is 22.1. The van der Waals surface area contributed by atoms with Crippen LogP contribution in [0.4, 0.5) is 4.79 Å². The fourth-order valence-corrected chi connectivity index (χ4v) is 3.89. The van der Waals surface area contributed by atoms with Crippen molar-refractivity contribution in [3.63, 3.8) is 0 Å². The molecule has 3 unspecified atom stereocenters. The van der Waals surface area contributed by atoms with Crippen LogP contribution in [0, 0.1) is 0 Å². The first-order valence-corrected chi connectivity index (χ1v) is 10.5. The molecule has 0 aliphatic carbocycles. The van der Waals surface area contributed by atoms with Crippen molar-refractivity contribution < 1.29 is 28.6 Å². The number of nitrogens with zero attached hydrogens (tertiary/aromatic N) is 1. The molecule has 7 nitrogen and oxygen atoms in total. The molecule has 4 rings (SSSR count). The van der Waals surface area contributed by atoms with E-state index in [4.69, 9.17) is 14.2 Å². The van der Waals surface area contributed by atoms with Gasteiger partial charge in [0.1, 0.15) is 12.6 Å². The number of hydrogen-bond donors (Lipinski definition) is 0. The van der Waals surface area contributed by atoms with Gasteiger partial charge in [-0.25, -0.2) is 14.4 Å². The maximum Gasteiger partial charge on any atom is 0.411 e. The quantitative estimate of drug-likeness (QED) is 0.333. The molecule has 3 atom stereocenters. The van der Waals surface area contributed by atoms with E-state index in [0.29, 0.717) is 11.1 Å². The summed E-state index contributed by atoms with van der Waals surface area (Å²) >= 11 is 0. The van der Waals surface area contributed by atoms with Gasteiger partial charge in [0.2, 0.25) is 6.04 Å². The molecule has 0 spiro atoms. The lowest BCUT2D eigenvalue weighted by Gasteiger charge is -2.43. The summed E-state index contributed by atoms with van der Waals surface area (Å²) < 4.78 is 16.1. The van der Waals surface area contributed by atoms with Crippen LogP contribution in [0.1, 0.15) is 28.8 Å². The number of methoxy groups -OCH3 is 1. The van der Waals surface area contributed by atoms with E-state index < -0.39 is 36.2 Å². The van der Waals surface area contributed by atoms with Gasteiger partial charge >= 0.3 is 18.0 Å². The van der Waals surface area contributed by atoms with Crippen molar-refractivity contribution in [3.8, 4) is 0 Å². The molecule has 1 aliphatic heterocycles. The van der Waals surface area contributed by atoms with E-state index in [1.165, 1.54) is 0 Å². The Hall–Kier alpha value is -4.13. The number of rotatable bonds is 5. The van der Waals surface area contributed by atoms with E-state index in [9.17, 15) is 14.4 Å². The number of carbonyl (C=O) groups is 3. The van der Waals surface area contributed by atoms with E-state index >= 15 is 0 Å². The van der Waals surface area contributed by atoms with Crippen molar-refractivity contribution in [3.05, 3.63) is 108 Å². The van der Waals surface area contributed by atoms with Crippen molar-refractivity contribution >= 4 is 18.0 Å². The Balaban J connectivity index is 1.76. The fourth-order valence-electron chi connectivity index (χ4n) is 3.89. The van der Waals surface area contributed by atoms with Crippen LogP contribution in [-0.2, 0) is 30.4 Å². The van der Waals surface area contributed by atoms with Gasteiger partial charge in [-0.1, -0.05) is 91.0 Å². The second kappa shape index (κ2) is 9.99. The number of morpholine rings is 1. The molecule has 1 amide bonds. The van der Waals surface area contributed by atoms with Gasteiger partial charge < -0.3 is 14.2 Å². The van der Waals surface area contributed by atoms with Crippen molar-refractivity contribution in [2.75, 3.05) is 7.11 Å². The fraction of sp³-hybridized carbons (Fsp3) is 0.192. The Bertz CT molecular complexity index is 1100. The lowest BCUT2D eigenvalue weighted by atomic mass is 9.91. The summed E-state index contributed by atoms with van der Waals surface area (Å²) in [5, 5.41) is 0. The summed E-state index contributed by atoms with van der Waals surface area (Å²) in [6.07, 6.45) is -1.66. The number of esters is 2. The zero-order valence-electron chi connectivity index (χ0n) is 18.0. The Morgan fingerprint density at radius 2 is 1.39 bits per heavy atom. The van der Waals surface area contributed by atoms with Crippen LogP contribution in [0.25, 0.3) is 0 Å². The Labute approximate surface area is 191 Å². The van der Waals surface area contributed by atoms with E-state index in [-0.39, 0.29) is 6.61 Å². The Morgan fingerprint density at radius 1 is 0.848 bits per heavy atom. The highest BCUT2D eigenvalue weighted by Gasteiger charge is 2.52. The lowest BCUT2D eigenvalue weighted by Crippen LogP contribution is -2.58. The Morgan fingerprint density at radius 3 is 1.97 bits per heavy atom. The third-order valence-corrected chi connectivity index (χ3v) is 5.44. The molecule has 7 heteroatoms. The van der Waals surface area contributed by atoms with Gasteiger partial charge in [-0.3, -0.25) is 4.90 Å². The van der Waals surface area contributed by atoms with Gasteiger partial charge in [-0.2, -0.15) is 0 Å². The van der Waals surface area contributed by atoms with Gasteiger partial charge in [-0.15, -0.1) is 0 Å². The minimum atomic E-state index is -1.59. The molecule has 1 aliphatic rings. The molecule has 168 valence electrons. The predicted octanol–water partition coefficient (Wildman–Crippen LogP) is 4.21. The van der Waals surface area contributed by atoms with Gasteiger partial charge in [0.25, 0.3) is 0 Å². The average molecular weight is 445 g/mol. The first-order valence-electron chi connectivity index (χ1n) is 10.5. The molecule has 1 saturated heterocycles. The molecule has 3 aromatic carbocycles. The van der Waals surface area contributed by atoms with Crippen LogP contribution in [0.2, 0.25) is 0 Å². The highest BCUT2D eigenvalue weighted by atomic mass is 16.6. The summed E-state index contributed by atoms with van der Waals surface area (Å²) in [7, 11) is 1.16. The molecule has 3 aromatic rings. The van der Waals surface area contributed by atoms with Crippen LogP contribution in [0.15, 0.2) is 91.0 Å². The number of amides is 1. The molecule has 1 heterocycles. The number of benzene rings is 3. The van der Waals surface area contributed by atoms with Gasteiger partial charge in [-0.05, 0) is 16.7 Å². The van der Waals surface area contributed by atoms with Crippen molar-refractivity contribution in [2.45, 2.75) is 24.8 Å². The zero-order valence-corrected chi connectivity index (χ0v) is 18.0. The van der Waals surface area contributed by atoms with E-state index in [0.717, 1.165) is 17.6 Å². The summed E-state index contributed by atoms with van der Waals surface area (Å²) in [5.74, 6) is -1.77. The predicted molar refractivity (Wildman–Crippen MR) is 119 cm³/mol. The minimum absolute atomic E-state index is 0.0172. The van der Waals surface area contributed by atoms with Crippen LogP contribution < -0.4 is 0 Å². The minimum Gasteiger partial charge on any atom is -0.467 e. The molecule has 33 heavy (non-hydrogen) atoms. The molecule has 0 saturated carbocycles. The maximum absolute atomic E-state index is 13.4. The third-order valence-electron chi connectivity index (χ3n) is 5.44. The molecule has 1 fully saturated rings. The summed E-state index contributed by atoms with van der Waals surface area (Å²) in [6.45, 7) is -0.0172. The van der Waals surface area contributed by atoms with Gasteiger partial charge in [0, 0.05) is 0 Å². The highest BCUT2D eigenvalue weighted by molar-refractivity contribution is 6.02. The van der Waals surface area contributed by atoms with Crippen molar-refractivity contribution in [2.24, 2.45) is 0 Å². The van der Waals surface area contributed by atoms with E-state index in [1.807, 2.05) is 78.9 Å². The molecular formula is C26H23NO6. The topological polar surface area (TPSA) is 82.1 Å². The summed E-state index contributed by atoms with van der Waals surface area (Å²) in [6, 6.07) is 24.9. The lowest BCUT2D eigenvalue weighted by molar-refractivity contribution is -0.181. The maximum atomic E-state index is 13.4. The summed E-state index contributed by atoms with van der Waals surface area (Å²) in [5.41, 5.74) is 2.14. The van der Waals surface area contributed by atoms with Crippen LogP contribution in [0.5, 0.6) is 0 Å². The average Bonchev–Trinajstić information content (AvgIpc) is 2.87. The summed E-state index contributed by atoms with van der Waals surface area (Å²) in [4.78, 5) is 40.1.